The molecule has 0 unspecified atom stereocenters. The fourth-order valence-electron chi connectivity index (χ4n) is 3.23. The Bertz CT molecular complexity index is 1070. The van der Waals surface area contributed by atoms with Crippen molar-refractivity contribution in [3.05, 3.63) is 51.8 Å². The first-order chi connectivity index (χ1) is 14.4. The summed E-state index contributed by atoms with van der Waals surface area (Å²) in [4.78, 5) is 28.0. The second kappa shape index (κ2) is 9.49. The molecule has 7 nitrogen and oxygen atoms in total. The number of aromatic amines is 1. The van der Waals surface area contributed by atoms with E-state index in [1.54, 1.807) is 32.9 Å². The van der Waals surface area contributed by atoms with Crippen LogP contribution in [0.25, 0.3) is 11.4 Å². The molecule has 0 saturated heterocycles. The molecule has 0 bridgehead atoms. The van der Waals surface area contributed by atoms with Gasteiger partial charge in [-0.2, -0.15) is 0 Å². The summed E-state index contributed by atoms with van der Waals surface area (Å²) in [5.74, 6) is 0.353. The summed E-state index contributed by atoms with van der Waals surface area (Å²) in [6, 6.07) is 7.39. The van der Waals surface area contributed by atoms with Crippen LogP contribution in [0.4, 0.5) is 0 Å². The van der Waals surface area contributed by atoms with E-state index in [-0.39, 0.29) is 18.1 Å². The maximum absolute atomic E-state index is 12.8. The van der Waals surface area contributed by atoms with E-state index in [9.17, 15) is 9.59 Å². The molecule has 0 aliphatic heterocycles. The number of nitrogens with zero attached hydrogens (tertiary/aromatic N) is 3. The van der Waals surface area contributed by atoms with Gasteiger partial charge in [0.1, 0.15) is 0 Å². The van der Waals surface area contributed by atoms with Crippen molar-refractivity contribution in [2.45, 2.75) is 39.4 Å². The zero-order valence-corrected chi connectivity index (χ0v) is 18.9. The van der Waals surface area contributed by atoms with Gasteiger partial charge in [0.05, 0.1) is 23.6 Å². The van der Waals surface area contributed by atoms with Crippen molar-refractivity contribution in [2.75, 3.05) is 12.4 Å². The summed E-state index contributed by atoms with van der Waals surface area (Å²) in [5.41, 5.74) is 2.98. The van der Waals surface area contributed by atoms with E-state index in [0.717, 1.165) is 11.4 Å². The zero-order valence-electron chi connectivity index (χ0n) is 17.3. The number of hydrogen-bond acceptors (Lipinski definition) is 6. The molecule has 3 aromatic rings. The zero-order chi connectivity index (χ0) is 21.8. The number of thioether (sulfide) groups is 1. The number of aromatic nitrogens is 4. The van der Waals surface area contributed by atoms with E-state index in [4.69, 9.17) is 16.3 Å². The standard InChI is InChI=1S/C21H23ClN4O3S/c1-5-26-19(14-7-9-15(22)10-8-14)24-25-21(26)30-11-16(27)18-12(3)17(13(4)23-18)20(28)29-6-2/h7-10,23H,5-6,11H2,1-4H3. The number of carbonyl (C=O) groups is 2. The number of nitrogens with one attached hydrogen (secondary N) is 1. The van der Waals surface area contributed by atoms with Gasteiger partial charge in [-0.25, -0.2) is 4.79 Å². The maximum Gasteiger partial charge on any atom is 0.340 e. The van der Waals surface area contributed by atoms with Crippen LogP contribution >= 0.6 is 23.4 Å². The van der Waals surface area contributed by atoms with Gasteiger partial charge in [0.15, 0.2) is 16.8 Å². The van der Waals surface area contributed by atoms with Crippen molar-refractivity contribution in [3.63, 3.8) is 0 Å². The SMILES string of the molecule is CCOC(=O)c1c(C)[nH]c(C(=O)CSc2nnc(-c3ccc(Cl)cc3)n2CC)c1C. The fraction of sp³-hybridized carbons (Fsp3) is 0.333. The molecule has 9 heteroatoms. The highest BCUT2D eigenvalue weighted by Crippen LogP contribution is 2.26. The number of esters is 1. The highest BCUT2D eigenvalue weighted by molar-refractivity contribution is 7.99. The predicted molar refractivity (Wildman–Crippen MR) is 117 cm³/mol. The van der Waals surface area contributed by atoms with Crippen LogP contribution in [0.15, 0.2) is 29.4 Å². The van der Waals surface area contributed by atoms with Crippen LogP contribution in [0.2, 0.25) is 5.02 Å². The number of rotatable bonds is 8. The number of H-pyrrole nitrogens is 1. The summed E-state index contributed by atoms with van der Waals surface area (Å²) in [7, 11) is 0. The Morgan fingerprint density at radius 1 is 1.17 bits per heavy atom. The minimum Gasteiger partial charge on any atom is -0.462 e. The van der Waals surface area contributed by atoms with Gasteiger partial charge in [-0.1, -0.05) is 23.4 Å². The highest BCUT2D eigenvalue weighted by Gasteiger charge is 2.23. The molecule has 2 heterocycles. The van der Waals surface area contributed by atoms with Crippen molar-refractivity contribution < 1.29 is 14.3 Å². The molecule has 0 fully saturated rings. The van der Waals surface area contributed by atoms with Gasteiger partial charge in [-0.15, -0.1) is 10.2 Å². The fourth-order valence-corrected chi connectivity index (χ4v) is 4.23. The Balaban J connectivity index is 1.78. The van der Waals surface area contributed by atoms with Crippen molar-refractivity contribution in [3.8, 4) is 11.4 Å². The van der Waals surface area contributed by atoms with Gasteiger partial charge < -0.3 is 14.3 Å². The Labute approximate surface area is 184 Å². The third-order valence-electron chi connectivity index (χ3n) is 4.66. The summed E-state index contributed by atoms with van der Waals surface area (Å²) in [6.07, 6.45) is 0. The van der Waals surface area contributed by atoms with Gasteiger partial charge >= 0.3 is 5.97 Å². The minimum absolute atomic E-state index is 0.116. The largest absolute Gasteiger partial charge is 0.462 e. The second-order valence-corrected chi connectivity index (χ2v) is 7.99. The highest BCUT2D eigenvalue weighted by atomic mass is 35.5. The van der Waals surface area contributed by atoms with Crippen molar-refractivity contribution in [1.29, 1.82) is 0 Å². The Morgan fingerprint density at radius 3 is 2.50 bits per heavy atom. The summed E-state index contributed by atoms with van der Waals surface area (Å²) in [6.45, 7) is 8.20. The van der Waals surface area contributed by atoms with E-state index >= 15 is 0 Å². The third kappa shape index (κ3) is 4.44. The number of ketones is 1. The van der Waals surface area contributed by atoms with Gasteiger partial charge in [-0.05, 0) is 57.5 Å². The molecule has 0 amide bonds. The lowest BCUT2D eigenvalue weighted by Gasteiger charge is -2.07. The lowest BCUT2D eigenvalue weighted by Crippen LogP contribution is -2.09. The number of halogens is 1. The molecule has 3 rings (SSSR count). The van der Waals surface area contributed by atoms with Crippen LogP contribution in [-0.4, -0.2) is 43.9 Å². The molecule has 0 aliphatic carbocycles. The van der Waals surface area contributed by atoms with E-state index in [0.29, 0.717) is 39.2 Å². The van der Waals surface area contributed by atoms with E-state index < -0.39 is 5.97 Å². The van der Waals surface area contributed by atoms with Gasteiger partial charge in [0, 0.05) is 22.8 Å². The smallest absolute Gasteiger partial charge is 0.340 e. The monoisotopic (exact) mass is 446 g/mol. The van der Waals surface area contributed by atoms with Gasteiger partial charge in [-0.3, -0.25) is 4.79 Å². The van der Waals surface area contributed by atoms with Crippen molar-refractivity contribution >= 4 is 35.1 Å². The van der Waals surface area contributed by atoms with Gasteiger partial charge in [0.2, 0.25) is 0 Å². The number of carbonyl (C=O) groups excluding carboxylic acids is 2. The molecule has 30 heavy (non-hydrogen) atoms. The number of Topliss-reactive ketones (excluding diaryl/α,β-unsaturated/α-hetero) is 1. The van der Waals surface area contributed by atoms with E-state index in [2.05, 4.69) is 15.2 Å². The lowest BCUT2D eigenvalue weighted by molar-refractivity contribution is 0.0525. The topological polar surface area (TPSA) is 89.9 Å². The molecule has 0 aliphatic rings. The van der Waals surface area contributed by atoms with E-state index in [1.165, 1.54) is 11.8 Å². The molecule has 1 aromatic carbocycles. The Hall–Kier alpha value is -2.58. The van der Waals surface area contributed by atoms with Crippen molar-refractivity contribution in [1.82, 2.24) is 19.7 Å². The molecule has 2 aromatic heterocycles. The first-order valence-electron chi connectivity index (χ1n) is 9.58. The Morgan fingerprint density at radius 2 is 1.87 bits per heavy atom. The molecule has 0 atom stereocenters. The molecule has 0 radical (unpaired) electrons. The average Bonchev–Trinajstić information content (AvgIpc) is 3.26. The van der Waals surface area contributed by atoms with E-state index in [1.807, 2.05) is 23.6 Å². The number of ether oxygens (including phenoxy) is 1. The van der Waals surface area contributed by atoms with Crippen LogP contribution in [0.5, 0.6) is 0 Å². The molecule has 158 valence electrons. The molecular weight excluding hydrogens is 424 g/mol. The number of benzene rings is 1. The van der Waals surface area contributed by atoms with Crippen LogP contribution in [0.1, 0.15) is 46.0 Å². The molecule has 0 spiro atoms. The molecule has 1 N–H and O–H groups in total. The average molecular weight is 447 g/mol. The maximum atomic E-state index is 12.8. The second-order valence-electron chi connectivity index (χ2n) is 6.61. The predicted octanol–water partition coefficient (Wildman–Crippen LogP) is 4.72. The summed E-state index contributed by atoms with van der Waals surface area (Å²) < 4.78 is 7.05. The molecule has 0 saturated carbocycles. The third-order valence-corrected chi connectivity index (χ3v) is 5.88. The quantitative estimate of drug-likeness (QED) is 0.306. The van der Waals surface area contributed by atoms with Crippen LogP contribution < -0.4 is 0 Å². The Kier molecular flexibility index (Phi) is 6.99. The number of aryl methyl sites for hydroxylation is 1. The lowest BCUT2D eigenvalue weighted by atomic mass is 10.1. The van der Waals surface area contributed by atoms with Gasteiger partial charge in [0.25, 0.3) is 0 Å². The van der Waals surface area contributed by atoms with Crippen molar-refractivity contribution in [2.24, 2.45) is 0 Å². The number of hydrogen-bond donors (Lipinski definition) is 1. The minimum atomic E-state index is -0.422. The first kappa shape index (κ1) is 22.1. The van der Waals surface area contributed by atoms with Crippen LogP contribution in [0, 0.1) is 13.8 Å². The van der Waals surface area contributed by atoms with Crippen LogP contribution in [0.3, 0.4) is 0 Å². The normalized spacial score (nSPS) is 11.0. The first-order valence-corrected chi connectivity index (χ1v) is 10.9. The molecular formula is C21H23ClN4O3S. The summed E-state index contributed by atoms with van der Waals surface area (Å²) in [5, 5.41) is 9.85. The van der Waals surface area contributed by atoms with Crippen LogP contribution in [-0.2, 0) is 11.3 Å². The summed E-state index contributed by atoms with van der Waals surface area (Å²) >= 11 is 7.28.